The first kappa shape index (κ1) is 17.0. The summed E-state index contributed by atoms with van der Waals surface area (Å²) in [5, 5.41) is 4.01. The van der Waals surface area contributed by atoms with E-state index in [4.69, 9.17) is 11.6 Å². The molecule has 1 unspecified atom stereocenters. The molecule has 0 aliphatic carbocycles. The highest BCUT2D eigenvalue weighted by molar-refractivity contribution is 9.10. The molecule has 0 aromatic heterocycles. The van der Waals surface area contributed by atoms with Crippen molar-refractivity contribution < 1.29 is 8.42 Å². The van der Waals surface area contributed by atoms with Gasteiger partial charge in [0.1, 0.15) is 9.84 Å². The molecule has 0 saturated heterocycles. The Morgan fingerprint density at radius 1 is 1.42 bits per heavy atom. The molecule has 0 bridgehead atoms. The van der Waals surface area contributed by atoms with Crippen LogP contribution in [0.5, 0.6) is 0 Å². The fourth-order valence-electron chi connectivity index (χ4n) is 1.77. The fourth-order valence-corrected chi connectivity index (χ4v) is 2.87. The standard InChI is InChI=1S/C13H19BrClNO2S/c1-3-7-16-13(6-8-19(2,17)18)10-4-5-11(14)12(15)9-10/h4-5,9,13,16H,3,6-8H2,1-2H3. The summed E-state index contributed by atoms with van der Waals surface area (Å²) in [5.41, 5.74) is 1.02. The minimum atomic E-state index is -2.95. The predicted molar refractivity (Wildman–Crippen MR) is 84.5 cm³/mol. The Kier molecular flexibility index (Phi) is 6.80. The number of hydrogen-bond acceptors (Lipinski definition) is 3. The van der Waals surface area contributed by atoms with Crippen molar-refractivity contribution in [2.75, 3.05) is 18.6 Å². The van der Waals surface area contributed by atoms with E-state index in [2.05, 4.69) is 28.2 Å². The van der Waals surface area contributed by atoms with Crippen molar-refractivity contribution in [1.82, 2.24) is 5.32 Å². The van der Waals surface area contributed by atoms with E-state index in [9.17, 15) is 8.42 Å². The molecule has 1 atom stereocenters. The lowest BCUT2D eigenvalue weighted by molar-refractivity contribution is 0.513. The van der Waals surface area contributed by atoms with Crippen LogP contribution < -0.4 is 5.32 Å². The van der Waals surface area contributed by atoms with Crippen LogP contribution in [-0.2, 0) is 9.84 Å². The topological polar surface area (TPSA) is 46.2 Å². The highest BCUT2D eigenvalue weighted by Gasteiger charge is 2.14. The Bertz CT molecular complexity index is 519. The summed E-state index contributed by atoms with van der Waals surface area (Å²) in [6.45, 7) is 2.93. The van der Waals surface area contributed by atoms with Crippen LogP contribution >= 0.6 is 27.5 Å². The average Bonchev–Trinajstić information content (AvgIpc) is 2.32. The minimum Gasteiger partial charge on any atom is -0.310 e. The van der Waals surface area contributed by atoms with E-state index in [0.29, 0.717) is 11.4 Å². The molecule has 1 aromatic carbocycles. The van der Waals surface area contributed by atoms with Crippen LogP contribution in [0.3, 0.4) is 0 Å². The monoisotopic (exact) mass is 367 g/mol. The van der Waals surface area contributed by atoms with Crippen LogP contribution in [0.15, 0.2) is 22.7 Å². The van der Waals surface area contributed by atoms with Crippen molar-refractivity contribution in [3.63, 3.8) is 0 Å². The van der Waals surface area contributed by atoms with E-state index in [1.165, 1.54) is 6.26 Å². The van der Waals surface area contributed by atoms with Gasteiger partial charge in [-0.3, -0.25) is 0 Å². The van der Waals surface area contributed by atoms with E-state index in [-0.39, 0.29) is 11.8 Å². The molecule has 0 spiro atoms. The molecule has 3 nitrogen and oxygen atoms in total. The predicted octanol–water partition coefficient (Wildman–Crippen LogP) is 3.58. The minimum absolute atomic E-state index is 0.0141. The first-order chi connectivity index (χ1) is 8.83. The highest BCUT2D eigenvalue weighted by atomic mass is 79.9. The Hall–Kier alpha value is -0.100. The Morgan fingerprint density at radius 3 is 2.63 bits per heavy atom. The van der Waals surface area contributed by atoms with Gasteiger partial charge in [0, 0.05) is 16.8 Å². The second-order valence-corrected chi connectivity index (χ2v) is 8.12. The van der Waals surface area contributed by atoms with Crippen molar-refractivity contribution in [2.45, 2.75) is 25.8 Å². The quantitative estimate of drug-likeness (QED) is 0.800. The molecule has 0 radical (unpaired) electrons. The molecule has 0 amide bonds. The maximum Gasteiger partial charge on any atom is 0.147 e. The normalized spacial score (nSPS) is 13.5. The summed E-state index contributed by atoms with van der Waals surface area (Å²) in [4.78, 5) is 0. The first-order valence-electron chi connectivity index (χ1n) is 6.19. The molecule has 0 saturated carbocycles. The van der Waals surface area contributed by atoms with E-state index in [1.54, 1.807) is 0 Å². The molecule has 0 aliphatic rings. The molecule has 0 fully saturated rings. The Morgan fingerprint density at radius 2 is 2.11 bits per heavy atom. The third-order valence-electron chi connectivity index (χ3n) is 2.76. The lowest BCUT2D eigenvalue weighted by Crippen LogP contribution is -2.24. The van der Waals surface area contributed by atoms with Gasteiger partial charge >= 0.3 is 0 Å². The fraction of sp³-hybridized carbons (Fsp3) is 0.538. The third-order valence-corrected chi connectivity index (χ3v) is 4.97. The summed E-state index contributed by atoms with van der Waals surface area (Å²) in [7, 11) is -2.95. The second-order valence-electron chi connectivity index (χ2n) is 4.60. The molecule has 108 valence electrons. The second kappa shape index (κ2) is 7.62. The van der Waals surface area contributed by atoms with Crippen LogP contribution in [-0.4, -0.2) is 27.0 Å². The molecule has 1 rings (SSSR count). The zero-order chi connectivity index (χ0) is 14.5. The van der Waals surface area contributed by atoms with Crippen molar-refractivity contribution in [1.29, 1.82) is 0 Å². The molecule has 1 aromatic rings. The molecule has 0 heterocycles. The van der Waals surface area contributed by atoms with Gasteiger partial charge in [-0.15, -0.1) is 0 Å². The maximum absolute atomic E-state index is 11.3. The third kappa shape index (κ3) is 6.25. The molecule has 19 heavy (non-hydrogen) atoms. The first-order valence-corrected chi connectivity index (χ1v) is 9.42. The Labute approximate surface area is 128 Å². The van der Waals surface area contributed by atoms with Crippen LogP contribution in [0.4, 0.5) is 0 Å². The number of sulfone groups is 1. The van der Waals surface area contributed by atoms with Gasteiger partial charge in [0.25, 0.3) is 0 Å². The molecule has 6 heteroatoms. The van der Waals surface area contributed by atoms with Gasteiger partial charge in [-0.05, 0) is 53.0 Å². The van der Waals surface area contributed by atoms with Gasteiger partial charge < -0.3 is 5.32 Å². The van der Waals surface area contributed by atoms with Crippen LogP contribution in [0.1, 0.15) is 31.4 Å². The zero-order valence-electron chi connectivity index (χ0n) is 11.1. The summed E-state index contributed by atoms with van der Waals surface area (Å²) < 4.78 is 23.4. The van der Waals surface area contributed by atoms with Crippen molar-refractivity contribution in [2.24, 2.45) is 0 Å². The number of nitrogens with one attached hydrogen (secondary N) is 1. The largest absolute Gasteiger partial charge is 0.310 e. The van der Waals surface area contributed by atoms with Gasteiger partial charge in [-0.2, -0.15) is 0 Å². The zero-order valence-corrected chi connectivity index (χ0v) is 14.3. The SMILES string of the molecule is CCCNC(CCS(C)(=O)=O)c1ccc(Br)c(Cl)c1. The van der Waals surface area contributed by atoms with E-state index in [1.807, 2.05) is 18.2 Å². The molecular formula is C13H19BrClNO2S. The van der Waals surface area contributed by atoms with Gasteiger partial charge in [-0.1, -0.05) is 24.6 Å². The van der Waals surface area contributed by atoms with Crippen LogP contribution in [0.25, 0.3) is 0 Å². The van der Waals surface area contributed by atoms with Crippen molar-refractivity contribution >= 4 is 37.4 Å². The van der Waals surface area contributed by atoms with Crippen molar-refractivity contribution in [3.8, 4) is 0 Å². The number of hydrogen-bond donors (Lipinski definition) is 1. The highest BCUT2D eigenvalue weighted by Crippen LogP contribution is 2.27. The average molecular weight is 369 g/mol. The maximum atomic E-state index is 11.3. The molecule has 1 N–H and O–H groups in total. The van der Waals surface area contributed by atoms with E-state index < -0.39 is 9.84 Å². The van der Waals surface area contributed by atoms with Crippen molar-refractivity contribution in [3.05, 3.63) is 33.3 Å². The molecule has 0 aliphatic heterocycles. The number of rotatable bonds is 7. The van der Waals surface area contributed by atoms with Gasteiger partial charge in [-0.25, -0.2) is 8.42 Å². The van der Waals surface area contributed by atoms with E-state index in [0.717, 1.165) is 23.0 Å². The van der Waals surface area contributed by atoms with Gasteiger partial charge in [0.05, 0.1) is 10.8 Å². The summed E-state index contributed by atoms with van der Waals surface area (Å²) in [5.74, 6) is 0.169. The van der Waals surface area contributed by atoms with Gasteiger partial charge in [0.15, 0.2) is 0 Å². The lowest BCUT2D eigenvalue weighted by atomic mass is 10.0. The summed E-state index contributed by atoms with van der Waals surface area (Å²) >= 11 is 9.44. The number of benzene rings is 1. The van der Waals surface area contributed by atoms with Gasteiger partial charge in [0.2, 0.25) is 0 Å². The Balaban J connectivity index is 2.85. The van der Waals surface area contributed by atoms with E-state index >= 15 is 0 Å². The smallest absolute Gasteiger partial charge is 0.147 e. The molecular weight excluding hydrogens is 350 g/mol. The lowest BCUT2D eigenvalue weighted by Gasteiger charge is -2.19. The van der Waals surface area contributed by atoms with Crippen LogP contribution in [0, 0.1) is 0 Å². The van der Waals surface area contributed by atoms with Crippen LogP contribution in [0.2, 0.25) is 5.02 Å². The number of halogens is 2. The summed E-state index contributed by atoms with van der Waals surface area (Å²) in [6.07, 6.45) is 2.81. The summed E-state index contributed by atoms with van der Waals surface area (Å²) in [6, 6.07) is 5.74.